The van der Waals surface area contributed by atoms with Gasteiger partial charge in [-0.15, -0.1) is 22.7 Å². The summed E-state index contributed by atoms with van der Waals surface area (Å²) in [4.78, 5) is 18.5. The number of halogens is 1. The van der Waals surface area contributed by atoms with E-state index >= 15 is 0 Å². The Bertz CT molecular complexity index is 2170. The van der Waals surface area contributed by atoms with Crippen molar-refractivity contribution in [3.8, 4) is 41.7 Å². The van der Waals surface area contributed by atoms with Crippen LogP contribution in [0.25, 0.3) is 39.9 Å². The highest BCUT2D eigenvalue weighted by Gasteiger charge is 2.20. The molecule has 5 nitrogen and oxygen atoms in total. The smallest absolute Gasteiger partial charge is 0.155 e. The minimum absolute atomic E-state index is 0.833. The molecular formula is C44H46IN3O2S4. The number of thiophene rings is 2. The lowest BCUT2D eigenvalue weighted by Crippen LogP contribution is -2.09. The van der Waals surface area contributed by atoms with E-state index in [4.69, 9.17) is 19.4 Å². The summed E-state index contributed by atoms with van der Waals surface area (Å²) in [5.74, 6) is 1.67. The van der Waals surface area contributed by atoms with Crippen molar-refractivity contribution in [3.63, 3.8) is 0 Å². The first-order chi connectivity index (χ1) is 26.5. The Morgan fingerprint density at radius 3 is 1.52 bits per heavy atom. The van der Waals surface area contributed by atoms with E-state index in [9.17, 15) is 0 Å². The van der Waals surface area contributed by atoms with Crippen LogP contribution in [0.5, 0.6) is 11.5 Å². The number of fused-ring (bicyclic) bond motifs is 1. The lowest BCUT2D eigenvalue weighted by atomic mass is 10.0. The lowest BCUT2D eigenvalue weighted by Gasteiger charge is -2.26. The molecule has 0 saturated heterocycles. The van der Waals surface area contributed by atoms with E-state index in [-0.39, 0.29) is 0 Å². The molecule has 4 heterocycles. The van der Waals surface area contributed by atoms with Gasteiger partial charge in [-0.05, 0) is 138 Å². The molecule has 7 rings (SSSR count). The molecule has 0 N–H and O–H groups in total. The summed E-state index contributed by atoms with van der Waals surface area (Å²) in [6.07, 6.45) is 12.3. The van der Waals surface area contributed by atoms with E-state index in [2.05, 4.69) is 102 Å². The van der Waals surface area contributed by atoms with Crippen molar-refractivity contribution < 1.29 is 9.47 Å². The highest BCUT2D eigenvalue weighted by atomic mass is 127. The molecule has 0 radical (unpaired) electrons. The standard InChI is InChI=1S/C44H46IN3O2S4/c1-5-7-9-11-13-30-27-37(41-46-43-44(53-41)47-42(54-43)38-28-31(40(45)52-38)14-12-10-8-6-2)51-39(30)29-15-17-32(18-16-29)48(33-19-23-35(49-3)24-20-33)34-21-25-36(50-4)26-22-34/h15-28H,5-14H2,1-4H3. The number of ether oxygens (including phenoxy) is 2. The highest BCUT2D eigenvalue weighted by molar-refractivity contribution is 14.1. The van der Waals surface area contributed by atoms with Crippen molar-refractivity contribution in [2.45, 2.75) is 78.1 Å². The summed E-state index contributed by atoms with van der Waals surface area (Å²) in [6, 6.07) is 30.2. The summed E-state index contributed by atoms with van der Waals surface area (Å²) in [5.41, 5.74) is 7.32. The number of rotatable bonds is 18. The van der Waals surface area contributed by atoms with Gasteiger partial charge in [-0.3, -0.25) is 0 Å². The van der Waals surface area contributed by atoms with Crippen LogP contribution in [0.4, 0.5) is 17.1 Å². The number of aryl methyl sites for hydroxylation is 2. The molecule has 0 amide bonds. The number of unbranched alkanes of at least 4 members (excludes halogenated alkanes) is 6. The minimum Gasteiger partial charge on any atom is -0.497 e. The van der Waals surface area contributed by atoms with Gasteiger partial charge in [0.2, 0.25) is 0 Å². The van der Waals surface area contributed by atoms with Gasteiger partial charge in [0.1, 0.15) is 21.5 Å². The van der Waals surface area contributed by atoms with Crippen LogP contribution < -0.4 is 14.4 Å². The summed E-state index contributed by atoms with van der Waals surface area (Å²) in [6.45, 7) is 4.55. The quantitative estimate of drug-likeness (QED) is 0.0634. The van der Waals surface area contributed by atoms with Crippen LogP contribution in [-0.4, -0.2) is 24.2 Å². The lowest BCUT2D eigenvalue weighted by molar-refractivity contribution is 0.415. The first-order valence-electron chi connectivity index (χ1n) is 18.9. The van der Waals surface area contributed by atoms with Gasteiger partial charge in [0, 0.05) is 21.9 Å². The Hall–Kier alpha value is -3.29. The maximum Gasteiger partial charge on any atom is 0.155 e. The van der Waals surface area contributed by atoms with Gasteiger partial charge in [0.25, 0.3) is 0 Å². The Morgan fingerprint density at radius 1 is 0.556 bits per heavy atom. The maximum absolute atomic E-state index is 5.46. The van der Waals surface area contributed by atoms with E-state index < -0.39 is 0 Å². The van der Waals surface area contributed by atoms with Crippen LogP contribution in [-0.2, 0) is 12.8 Å². The molecule has 0 spiro atoms. The van der Waals surface area contributed by atoms with Crippen LogP contribution in [0.1, 0.15) is 76.3 Å². The summed E-state index contributed by atoms with van der Waals surface area (Å²) in [5, 5.41) is 2.17. The number of methoxy groups -OCH3 is 2. The Balaban J connectivity index is 1.17. The fourth-order valence-electron chi connectivity index (χ4n) is 6.66. The molecule has 0 aliphatic carbocycles. The number of hydrogen-bond acceptors (Lipinski definition) is 9. The van der Waals surface area contributed by atoms with Crippen LogP contribution in [0.2, 0.25) is 0 Å². The SMILES string of the molecule is CCCCCCc1cc(-c2nc3sc(-c4cc(CCCCCC)c(-c5ccc(N(c6ccc(OC)cc6)c6ccc(OC)cc6)cc5)s4)nc3s2)sc1I. The fraction of sp³-hybridized carbons (Fsp3) is 0.318. The zero-order chi connectivity index (χ0) is 37.4. The summed E-state index contributed by atoms with van der Waals surface area (Å²) >= 11 is 9.70. The van der Waals surface area contributed by atoms with Gasteiger partial charge in [-0.2, -0.15) is 0 Å². The van der Waals surface area contributed by atoms with Crippen molar-refractivity contribution in [2.24, 2.45) is 0 Å². The molecule has 0 aliphatic rings. The van der Waals surface area contributed by atoms with Crippen molar-refractivity contribution >= 4 is 94.7 Å². The van der Waals surface area contributed by atoms with Gasteiger partial charge in [-0.25, -0.2) is 9.97 Å². The van der Waals surface area contributed by atoms with Crippen LogP contribution in [0.15, 0.2) is 84.9 Å². The van der Waals surface area contributed by atoms with Gasteiger partial charge in [0.05, 0.1) is 26.9 Å². The second-order valence-corrected chi connectivity index (χ2v) is 19.3. The molecule has 0 atom stereocenters. The van der Waals surface area contributed by atoms with Crippen LogP contribution in [0, 0.1) is 2.88 Å². The Labute approximate surface area is 349 Å². The molecule has 7 aromatic rings. The molecular weight excluding hydrogens is 858 g/mol. The van der Waals surface area contributed by atoms with E-state index in [0.29, 0.717) is 0 Å². The molecule has 0 unspecified atom stereocenters. The monoisotopic (exact) mass is 903 g/mol. The normalized spacial score (nSPS) is 11.4. The molecule has 280 valence electrons. The third-order valence-corrected chi connectivity index (χ3v) is 15.5. The zero-order valence-corrected chi connectivity index (χ0v) is 36.7. The third kappa shape index (κ3) is 9.05. The minimum atomic E-state index is 0.833. The molecule has 4 aromatic heterocycles. The van der Waals surface area contributed by atoms with Crippen molar-refractivity contribution in [3.05, 3.63) is 98.9 Å². The number of aromatic nitrogens is 2. The van der Waals surface area contributed by atoms with Crippen molar-refractivity contribution in [1.29, 1.82) is 0 Å². The molecule has 0 fully saturated rings. The molecule has 0 aliphatic heterocycles. The summed E-state index contributed by atoms with van der Waals surface area (Å²) in [7, 11) is 3.40. The number of hydrogen-bond donors (Lipinski definition) is 0. The first kappa shape index (κ1) is 39.0. The first-order valence-corrected chi connectivity index (χ1v) is 23.2. The largest absolute Gasteiger partial charge is 0.497 e. The van der Waals surface area contributed by atoms with E-state index in [1.54, 1.807) is 36.9 Å². The van der Waals surface area contributed by atoms with E-state index in [0.717, 1.165) is 61.1 Å². The van der Waals surface area contributed by atoms with Crippen molar-refractivity contribution in [2.75, 3.05) is 19.1 Å². The molecule has 3 aromatic carbocycles. The van der Waals surface area contributed by atoms with Gasteiger partial charge < -0.3 is 14.4 Å². The number of anilines is 3. The zero-order valence-electron chi connectivity index (χ0n) is 31.3. The average molecular weight is 904 g/mol. The van der Waals surface area contributed by atoms with E-state index in [1.165, 1.54) is 85.6 Å². The number of benzene rings is 3. The highest BCUT2D eigenvalue weighted by Crippen LogP contribution is 2.45. The van der Waals surface area contributed by atoms with Crippen molar-refractivity contribution in [1.82, 2.24) is 9.97 Å². The van der Waals surface area contributed by atoms with Gasteiger partial charge in [-0.1, -0.05) is 87.2 Å². The van der Waals surface area contributed by atoms with E-state index in [1.807, 2.05) is 46.9 Å². The number of thiazole rings is 2. The molecule has 0 bridgehead atoms. The summed E-state index contributed by atoms with van der Waals surface area (Å²) < 4.78 is 12.3. The second-order valence-electron chi connectivity index (χ2n) is 13.4. The molecule has 0 saturated carbocycles. The second kappa shape index (κ2) is 18.6. The van der Waals surface area contributed by atoms with Gasteiger partial charge in [0.15, 0.2) is 9.66 Å². The van der Waals surface area contributed by atoms with Crippen LogP contribution >= 0.6 is 67.9 Å². The Morgan fingerprint density at radius 2 is 1.02 bits per heavy atom. The van der Waals surface area contributed by atoms with Crippen LogP contribution in [0.3, 0.4) is 0 Å². The fourth-order valence-corrected chi connectivity index (χ4v) is 12.1. The predicted molar refractivity (Wildman–Crippen MR) is 244 cm³/mol. The molecule has 10 heteroatoms. The topological polar surface area (TPSA) is 47.5 Å². The maximum atomic E-state index is 5.46. The Kier molecular flexibility index (Phi) is 13.4. The third-order valence-electron chi connectivity index (χ3n) is 9.61. The number of nitrogens with zero attached hydrogens (tertiary/aromatic N) is 3. The predicted octanol–water partition coefficient (Wildman–Crippen LogP) is 15.2. The average Bonchev–Trinajstić information content (AvgIpc) is 3.99. The van der Waals surface area contributed by atoms with Gasteiger partial charge >= 0.3 is 0 Å². The molecule has 54 heavy (non-hydrogen) atoms.